The van der Waals surface area contributed by atoms with Crippen LogP contribution in [0.4, 0.5) is 0 Å². The van der Waals surface area contributed by atoms with E-state index in [9.17, 15) is 9.59 Å². The Labute approximate surface area is 70.7 Å². The predicted octanol–water partition coefficient (Wildman–Crippen LogP) is 1.21. The lowest BCUT2D eigenvalue weighted by Gasteiger charge is -1.98. The summed E-state index contributed by atoms with van der Waals surface area (Å²) in [5.41, 5.74) is 0.262. The van der Waals surface area contributed by atoms with Crippen LogP contribution < -0.4 is 0 Å². The highest BCUT2D eigenvalue weighted by Gasteiger charge is 2.36. The summed E-state index contributed by atoms with van der Waals surface area (Å²) >= 11 is 0. The minimum atomic E-state index is -0.588. The maximum atomic E-state index is 11.0. The van der Waals surface area contributed by atoms with Crippen molar-refractivity contribution in [1.29, 1.82) is 0 Å². The van der Waals surface area contributed by atoms with Crippen LogP contribution in [0.2, 0.25) is 0 Å². The van der Waals surface area contributed by atoms with E-state index in [1.807, 2.05) is 19.1 Å². The van der Waals surface area contributed by atoms with Crippen molar-refractivity contribution in [3.8, 4) is 0 Å². The molecule has 0 amide bonds. The minimum Gasteiger partial charge on any atom is -0.389 e. The zero-order valence-electron chi connectivity index (χ0n) is 6.87. The Balaban J connectivity index is 2.70. The van der Waals surface area contributed by atoms with Gasteiger partial charge in [-0.1, -0.05) is 18.7 Å². The lowest BCUT2D eigenvalue weighted by Crippen LogP contribution is -2.07. The topological polar surface area (TPSA) is 43.4 Å². The molecule has 0 aromatic rings. The van der Waals surface area contributed by atoms with Gasteiger partial charge in [-0.15, -0.1) is 0 Å². The number of hydrogen-bond acceptors (Lipinski definition) is 3. The van der Waals surface area contributed by atoms with Crippen molar-refractivity contribution in [2.24, 2.45) is 5.92 Å². The molecular weight excluding hydrogens is 156 g/mol. The smallest absolute Gasteiger partial charge is 0.341 e. The monoisotopic (exact) mass is 166 g/mol. The highest BCUT2D eigenvalue weighted by molar-refractivity contribution is 6.07. The SMILES string of the molecule is C=C1C(=O)OC(=O)[C@@H]1C/C=C\C. The maximum Gasteiger partial charge on any atom is 0.341 e. The lowest BCUT2D eigenvalue weighted by atomic mass is 9.99. The number of ether oxygens (including phenoxy) is 1. The molecule has 1 atom stereocenters. The van der Waals surface area contributed by atoms with Crippen LogP contribution in [0.1, 0.15) is 13.3 Å². The fourth-order valence-corrected chi connectivity index (χ4v) is 1.02. The molecule has 0 saturated carbocycles. The number of hydrogen-bond donors (Lipinski definition) is 0. The summed E-state index contributed by atoms with van der Waals surface area (Å²) in [6.45, 7) is 5.34. The Morgan fingerprint density at radius 3 is 2.67 bits per heavy atom. The molecule has 0 aromatic heterocycles. The van der Waals surface area contributed by atoms with E-state index < -0.39 is 17.9 Å². The molecule has 3 heteroatoms. The summed E-state index contributed by atoms with van der Waals surface area (Å²) in [6, 6.07) is 0. The summed E-state index contributed by atoms with van der Waals surface area (Å²) in [5.74, 6) is -1.54. The van der Waals surface area contributed by atoms with Crippen LogP contribution in [0, 0.1) is 5.92 Å². The molecule has 3 nitrogen and oxygen atoms in total. The van der Waals surface area contributed by atoms with Crippen molar-refractivity contribution in [3.05, 3.63) is 24.3 Å². The maximum absolute atomic E-state index is 11.0. The molecular formula is C9H10O3. The van der Waals surface area contributed by atoms with Gasteiger partial charge in [0.2, 0.25) is 0 Å². The third-order valence-corrected chi connectivity index (χ3v) is 1.77. The third-order valence-electron chi connectivity index (χ3n) is 1.77. The van der Waals surface area contributed by atoms with Crippen LogP contribution in [0.5, 0.6) is 0 Å². The Morgan fingerprint density at radius 2 is 2.25 bits per heavy atom. The van der Waals surface area contributed by atoms with Gasteiger partial charge in [-0.3, -0.25) is 4.79 Å². The molecule has 0 N–H and O–H groups in total. The first-order chi connectivity index (χ1) is 5.66. The second kappa shape index (κ2) is 3.34. The molecule has 1 rings (SSSR count). The highest BCUT2D eigenvalue weighted by Crippen LogP contribution is 2.24. The first-order valence-electron chi connectivity index (χ1n) is 3.72. The number of esters is 2. The Morgan fingerprint density at radius 1 is 1.58 bits per heavy atom. The van der Waals surface area contributed by atoms with E-state index >= 15 is 0 Å². The summed E-state index contributed by atoms with van der Waals surface area (Å²) in [7, 11) is 0. The van der Waals surface area contributed by atoms with Gasteiger partial charge >= 0.3 is 11.9 Å². The van der Waals surface area contributed by atoms with Crippen molar-refractivity contribution >= 4 is 11.9 Å². The molecule has 0 spiro atoms. The van der Waals surface area contributed by atoms with Gasteiger partial charge in [0.25, 0.3) is 0 Å². The first kappa shape index (κ1) is 8.71. The molecule has 0 bridgehead atoms. The van der Waals surface area contributed by atoms with Gasteiger partial charge in [-0.05, 0) is 13.3 Å². The van der Waals surface area contributed by atoms with E-state index in [2.05, 4.69) is 11.3 Å². The van der Waals surface area contributed by atoms with E-state index in [4.69, 9.17) is 0 Å². The van der Waals surface area contributed by atoms with Gasteiger partial charge in [0.1, 0.15) is 0 Å². The van der Waals surface area contributed by atoms with E-state index in [1.165, 1.54) is 0 Å². The van der Waals surface area contributed by atoms with Crippen LogP contribution in [0.15, 0.2) is 24.3 Å². The fourth-order valence-electron chi connectivity index (χ4n) is 1.02. The van der Waals surface area contributed by atoms with E-state index in [1.54, 1.807) is 0 Å². The van der Waals surface area contributed by atoms with Gasteiger partial charge in [0, 0.05) is 5.57 Å². The number of rotatable bonds is 2. The van der Waals surface area contributed by atoms with Gasteiger partial charge in [0.15, 0.2) is 0 Å². The molecule has 1 saturated heterocycles. The summed E-state index contributed by atoms with van der Waals surface area (Å²) in [6.07, 6.45) is 4.14. The second-order valence-electron chi connectivity index (χ2n) is 2.59. The van der Waals surface area contributed by atoms with Crippen LogP contribution in [0.3, 0.4) is 0 Å². The number of cyclic esters (lactones) is 2. The normalized spacial score (nSPS) is 23.8. The van der Waals surface area contributed by atoms with Crippen molar-refractivity contribution in [2.75, 3.05) is 0 Å². The quantitative estimate of drug-likeness (QED) is 0.268. The summed E-state index contributed by atoms with van der Waals surface area (Å²) in [4.78, 5) is 21.8. The van der Waals surface area contributed by atoms with Crippen molar-refractivity contribution in [3.63, 3.8) is 0 Å². The van der Waals surface area contributed by atoms with Crippen LogP contribution in [-0.2, 0) is 14.3 Å². The van der Waals surface area contributed by atoms with Crippen LogP contribution in [0.25, 0.3) is 0 Å². The number of carbonyl (C=O) groups is 2. The largest absolute Gasteiger partial charge is 0.389 e. The Hall–Kier alpha value is -1.38. The summed E-state index contributed by atoms with van der Waals surface area (Å²) < 4.78 is 4.37. The van der Waals surface area contributed by atoms with Gasteiger partial charge < -0.3 is 4.74 Å². The van der Waals surface area contributed by atoms with Gasteiger partial charge in [-0.2, -0.15) is 0 Å². The van der Waals surface area contributed by atoms with E-state index in [0.717, 1.165) is 0 Å². The van der Waals surface area contributed by atoms with Crippen LogP contribution in [-0.4, -0.2) is 11.9 Å². The van der Waals surface area contributed by atoms with Gasteiger partial charge in [0.05, 0.1) is 5.92 Å². The molecule has 1 aliphatic heterocycles. The molecule has 1 fully saturated rings. The fraction of sp³-hybridized carbons (Fsp3) is 0.333. The zero-order chi connectivity index (χ0) is 9.14. The van der Waals surface area contributed by atoms with Crippen molar-refractivity contribution in [1.82, 2.24) is 0 Å². The molecule has 0 radical (unpaired) electrons. The van der Waals surface area contributed by atoms with Gasteiger partial charge in [-0.25, -0.2) is 4.79 Å². The molecule has 1 aliphatic rings. The molecule has 64 valence electrons. The first-order valence-corrected chi connectivity index (χ1v) is 3.72. The Kier molecular flexibility index (Phi) is 2.43. The van der Waals surface area contributed by atoms with Crippen LogP contribution >= 0.6 is 0 Å². The number of allylic oxidation sites excluding steroid dienone is 2. The minimum absolute atomic E-state index is 0.262. The average molecular weight is 166 g/mol. The van der Waals surface area contributed by atoms with E-state index in [0.29, 0.717) is 6.42 Å². The summed E-state index contributed by atoms with van der Waals surface area (Å²) in [5, 5.41) is 0. The average Bonchev–Trinajstić information content (AvgIpc) is 2.25. The highest BCUT2D eigenvalue weighted by atomic mass is 16.6. The third kappa shape index (κ3) is 1.44. The van der Waals surface area contributed by atoms with Crippen molar-refractivity contribution in [2.45, 2.75) is 13.3 Å². The molecule has 0 aliphatic carbocycles. The molecule has 1 heterocycles. The lowest BCUT2D eigenvalue weighted by molar-refractivity contribution is -0.152. The van der Waals surface area contributed by atoms with Crippen molar-refractivity contribution < 1.29 is 14.3 Å². The second-order valence-corrected chi connectivity index (χ2v) is 2.59. The number of carbonyl (C=O) groups excluding carboxylic acids is 2. The van der Waals surface area contributed by atoms with E-state index in [-0.39, 0.29) is 5.57 Å². The predicted molar refractivity (Wildman–Crippen MR) is 43.2 cm³/mol. The zero-order valence-corrected chi connectivity index (χ0v) is 6.87. The molecule has 0 aromatic carbocycles. The standard InChI is InChI=1S/C9H10O3/c1-3-4-5-7-6(2)8(10)12-9(7)11/h3-4,7H,2,5H2,1H3/b4-3-/t7-/m1/s1. The molecule has 12 heavy (non-hydrogen) atoms. The molecule has 0 unspecified atom stereocenters. The Bertz CT molecular complexity index is 263.